The lowest BCUT2D eigenvalue weighted by atomic mass is 9.87. The van der Waals surface area contributed by atoms with E-state index in [0.29, 0.717) is 17.0 Å². The van der Waals surface area contributed by atoms with Crippen LogP contribution in [0.5, 0.6) is 0 Å². The molecule has 0 spiro atoms. The predicted molar refractivity (Wildman–Crippen MR) is 74.4 cm³/mol. The van der Waals surface area contributed by atoms with E-state index >= 15 is 0 Å². The Morgan fingerprint density at radius 3 is 2.82 bits per heavy atom. The molecule has 1 aliphatic rings. The van der Waals surface area contributed by atoms with Crippen LogP contribution in [0.25, 0.3) is 0 Å². The van der Waals surface area contributed by atoms with Gasteiger partial charge in [-0.2, -0.15) is 11.8 Å². The number of aliphatic hydroxyl groups is 2. The summed E-state index contributed by atoms with van der Waals surface area (Å²) in [5.74, 6) is 1.44. The maximum absolute atomic E-state index is 9.43. The lowest BCUT2D eigenvalue weighted by Gasteiger charge is -2.35. The van der Waals surface area contributed by atoms with Crippen LogP contribution in [0.15, 0.2) is 0 Å². The fourth-order valence-electron chi connectivity index (χ4n) is 2.36. The zero-order valence-electron chi connectivity index (χ0n) is 11.1. The Labute approximate surface area is 109 Å². The second-order valence-corrected chi connectivity index (χ2v) is 6.46. The number of hydrogen-bond acceptors (Lipinski definition) is 4. The Kier molecular flexibility index (Phi) is 7.51. The summed E-state index contributed by atoms with van der Waals surface area (Å²) in [6.07, 6.45) is 4.38. The molecule has 102 valence electrons. The average molecular weight is 261 g/mol. The van der Waals surface area contributed by atoms with E-state index in [0.717, 1.165) is 12.5 Å². The van der Waals surface area contributed by atoms with Crippen molar-refractivity contribution in [3.63, 3.8) is 0 Å². The Morgan fingerprint density at radius 1 is 1.41 bits per heavy atom. The van der Waals surface area contributed by atoms with Gasteiger partial charge in [-0.05, 0) is 38.1 Å². The van der Waals surface area contributed by atoms with E-state index < -0.39 is 6.10 Å². The van der Waals surface area contributed by atoms with Gasteiger partial charge in [0.05, 0.1) is 12.7 Å². The molecule has 0 aromatic heterocycles. The van der Waals surface area contributed by atoms with Crippen LogP contribution in [-0.2, 0) is 0 Å². The summed E-state index contributed by atoms with van der Waals surface area (Å²) in [6, 6.07) is 0.585. The monoisotopic (exact) mass is 261 g/mol. The van der Waals surface area contributed by atoms with E-state index in [2.05, 4.69) is 19.2 Å². The largest absolute Gasteiger partial charge is 0.394 e. The van der Waals surface area contributed by atoms with Crippen molar-refractivity contribution >= 4 is 11.8 Å². The van der Waals surface area contributed by atoms with Crippen LogP contribution < -0.4 is 5.32 Å². The fourth-order valence-corrected chi connectivity index (χ4v) is 3.87. The van der Waals surface area contributed by atoms with Gasteiger partial charge in [-0.15, -0.1) is 0 Å². The summed E-state index contributed by atoms with van der Waals surface area (Å²) in [7, 11) is 0. The molecule has 1 fully saturated rings. The van der Waals surface area contributed by atoms with Gasteiger partial charge >= 0.3 is 0 Å². The molecule has 1 saturated carbocycles. The van der Waals surface area contributed by atoms with Crippen molar-refractivity contribution in [2.45, 2.75) is 56.9 Å². The van der Waals surface area contributed by atoms with Crippen LogP contribution in [0.4, 0.5) is 0 Å². The summed E-state index contributed by atoms with van der Waals surface area (Å²) in [6.45, 7) is 5.46. The quantitative estimate of drug-likeness (QED) is 0.652. The number of rotatable bonds is 7. The van der Waals surface area contributed by atoms with Crippen molar-refractivity contribution in [2.24, 2.45) is 5.92 Å². The van der Waals surface area contributed by atoms with Crippen LogP contribution in [0.1, 0.15) is 39.5 Å². The van der Waals surface area contributed by atoms with Gasteiger partial charge in [0.1, 0.15) is 0 Å². The predicted octanol–water partition coefficient (Wildman–Crippen LogP) is 1.63. The van der Waals surface area contributed by atoms with E-state index in [9.17, 15) is 5.11 Å². The third kappa shape index (κ3) is 5.60. The van der Waals surface area contributed by atoms with Crippen LogP contribution in [0.2, 0.25) is 0 Å². The van der Waals surface area contributed by atoms with Crippen LogP contribution in [0.3, 0.4) is 0 Å². The van der Waals surface area contributed by atoms with E-state index in [1.807, 2.05) is 11.8 Å². The molecule has 0 aromatic carbocycles. The highest BCUT2D eigenvalue weighted by Gasteiger charge is 2.28. The molecule has 0 heterocycles. The highest BCUT2D eigenvalue weighted by molar-refractivity contribution is 8.00. The molecule has 17 heavy (non-hydrogen) atoms. The van der Waals surface area contributed by atoms with Gasteiger partial charge in [0.15, 0.2) is 0 Å². The van der Waals surface area contributed by atoms with Gasteiger partial charge in [-0.1, -0.05) is 13.8 Å². The molecule has 0 radical (unpaired) electrons. The number of nitrogens with one attached hydrogen (secondary N) is 1. The molecule has 4 atom stereocenters. The van der Waals surface area contributed by atoms with Crippen LogP contribution in [-0.4, -0.2) is 46.5 Å². The minimum atomic E-state index is -0.566. The minimum Gasteiger partial charge on any atom is -0.394 e. The number of thioether (sulfide) groups is 1. The molecule has 1 aliphatic carbocycles. The third-order valence-electron chi connectivity index (χ3n) is 3.42. The molecule has 3 nitrogen and oxygen atoms in total. The lowest BCUT2D eigenvalue weighted by molar-refractivity contribution is 0.113. The highest BCUT2D eigenvalue weighted by Crippen LogP contribution is 2.32. The first-order chi connectivity index (χ1) is 8.17. The maximum atomic E-state index is 9.43. The smallest absolute Gasteiger partial charge is 0.0861 e. The Hall–Kier alpha value is 0.230. The van der Waals surface area contributed by atoms with Gasteiger partial charge in [0.25, 0.3) is 0 Å². The summed E-state index contributed by atoms with van der Waals surface area (Å²) in [5, 5.41) is 22.5. The molecule has 0 bridgehead atoms. The Balaban J connectivity index is 2.37. The van der Waals surface area contributed by atoms with E-state index in [1.165, 1.54) is 25.7 Å². The molecular weight excluding hydrogens is 234 g/mol. The molecule has 0 aromatic rings. The van der Waals surface area contributed by atoms with E-state index in [-0.39, 0.29) is 6.61 Å². The third-order valence-corrected chi connectivity index (χ3v) is 4.95. The lowest BCUT2D eigenvalue weighted by Crippen LogP contribution is -2.43. The summed E-state index contributed by atoms with van der Waals surface area (Å²) in [4.78, 5) is 0. The first-order valence-electron chi connectivity index (χ1n) is 6.81. The molecular formula is C13H27NO2S. The molecule has 0 aliphatic heterocycles. The molecule has 1 rings (SSSR count). The van der Waals surface area contributed by atoms with Gasteiger partial charge in [0.2, 0.25) is 0 Å². The van der Waals surface area contributed by atoms with E-state index in [4.69, 9.17) is 5.11 Å². The first kappa shape index (κ1) is 15.3. The standard InChI is InChI=1S/C13H27NO2S/c1-3-6-14-12-5-4-10(2)7-13(12)17-9-11(16)8-15/h10-16H,3-9H2,1-2H3. The molecule has 4 heteroatoms. The van der Waals surface area contributed by atoms with Gasteiger partial charge < -0.3 is 15.5 Å². The number of hydrogen-bond donors (Lipinski definition) is 3. The zero-order valence-corrected chi connectivity index (χ0v) is 11.9. The summed E-state index contributed by atoms with van der Waals surface area (Å²) in [5.41, 5.74) is 0. The van der Waals surface area contributed by atoms with Crippen molar-refractivity contribution in [2.75, 3.05) is 18.9 Å². The van der Waals surface area contributed by atoms with Gasteiger partial charge in [-0.25, -0.2) is 0 Å². The second kappa shape index (κ2) is 8.35. The minimum absolute atomic E-state index is 0.123. The van der Waals surface area contributed by atoms with Gasteiger partial charge in [-0.3, -0.25) is 0 Å². The van der Waals surface area contributed by atoms with Crippen molar-refractivity contribution < 1.29 is 10.2 Å². The maximum Gasteiger partial charge on any atom is 0.0861 e. The average Bonchev–Trinajstić information content (AvgIpc) is 2.34. The van der Waals surface area contributed by atoms with Crippen LogP contribution >= 0.6 is 11.8 Å². The second-order valence-electron chi connectivity index (χ2n) is 5.19. The van der Waals surface area contributed by atoms with Crippen LogP contribution in [0, 0.1) is 5.92 Å². The van der Waals surface area contributed by atoms with E-state index in [1.54, 1.807) is 0 Å². The Bertz CT molecular complexity index is 202. The first-order valence-corrected chi connectivity index (χ1v) is 7.86. The van der Waals surface area contributed by atoms with Crippen molar-refractivity contribution in [3.05, 3.63) is 0 Å². The van der Waals surface area contributed by atoms with Crippen molar-refractivity contribution in [1.82, 2.24) is 5.32 Å². The summed E-state index contributed by atoms with van der Waals surface area (Å²) >= 11 is 1.82. The summed E-state index contributed by atoms with van der Waals surface area (Å²) < 4.78 is 0. The SMILES string of the molecule is CCCNC1CCC(C)CC1SCC(O)CO. The molecule has 0 amide bonds. The van der Waals surface area contributed by atoms with Crippen molar-refractivity contribution in [3.8, 4) is 0 Å². The molecule has 0 saturated heterocycles. The highest BCUT2D eigenvalue weighted by atomic mass is 32.2. The number of aliphatic hydroxyl groups excluding tert-OH is 2. The normalized spacial score (nSPS) is 31.4. The van der Waals surface area contributed by atoms with Crippen molar-refractivity contribution in [1.29, 1.82) is 0 Å². The molecule has 4 unspecified atom stereocenters. The topological polar surface area (TPSA) is 52.5 Å². The van der Waals surface area contributed by atoms with Gasteiger partial charge in [0, 0.05) is 17.0 Å². The molecule has 3 N–H and O–H groups in total. The Morgan fingerprint density at radius 2 is 2.18 bits per heavy atom. The fraction of sp³-hybridized carbons (Fsp3) is 1.00. The zero-order chi connectivity index (χ0) is 12.7.